The lowest BCUT2D eigenvalue weighted by molar-refractivity contribution is 1.02. The van der Waals surface area contributed by atoms with Gasteiger partial charge >= 0.3 is 0 Å². The van der Waals surface area contributed by atoms with Crippen LogP contribution in [0, 0.1) is 6.92 Å². The summed E-state index contributed by atoms with van der Waals surface area (Å²) in [7, 11) is 0. The topological polar surface area (TPSA) is 51.8 Å². The second-order valence-corrected chi connectivity index (χ2v) is 3.32. The highest BCUT2D eigenvalue weighted by molar-refractivity contribution is 7.99. The molecule has 64 valence electrons. The van der Waals surface area contributed by atoms with Crippen molar-refractivity contribution >= 4 is 17.7 Å². The zero-order valence-electron chi connectivity index (χ0n) is 6.95. The summed E-state index contributed by atoms with van der Waals surface area (Å²) in [5.74, 6) is 1.17. The Bertz CT molecular complexity index is 286. The van der Waals surface area contributed by atoms with Gasteiger partial charge in [-0.3, -0.25) is 0 Å². The molecule has 3 nitrogen and oxygen atoms in total. The van der Waals surface area contributed by atoms with Crippen LogP contribution in [0.5, 0.6) is 0 Å². The highest BCUT2D eigenvalue weighted by atomic mass is 32.2. The molecule has 0 aliphatic carbocycles. The van der Waals surface area contributed by atoms with Crippen LogP contribution in [-0.4, -0.2) is 15.7 Å². The van der Waals surface area contributed by atoms with E-state index >= 15 is 0 Å². The third-order valence-corrected chi connectivity index (χ3v) is 2.37. The van der Waals surface area contributed by atoms with Crippen molar-refractivity contribution in [1.82, 2.24) is 9.97 Å². The van der Waals surface area contributed by atoms with Crippen molar-refractivity contribution in [2.45, 2.75) is 11.9 Å². The molecule has 0 spiro atoms. The van der Waals surface area contributed by atoms with Crippen molar-refractivity contribution in [3.63, 3.8) is 0 Å². The maximum Gasteiger partial charge on any atom is 0.221 e. The van der Waals surface area contributed by atoms with E-state index in [1.165, 1.54) is 0 Å². The third-order valence-electron chi connectivity index (χ3n) is 1.28. The van der Waals surface area contributed by atoms with Crippen LogP contribution in [0.2, 0.25) is 0 Å². The molecule has 1 heterocycles. The van der Waals surface area contributed by atoms with Gasteiger partial charge in [0.1, 0.15) is 5.03 Å². The Morgan fingerprint density at radius 3 is 3.17 bits per heavy atom. The van der Waals surface area contributed by atoms with E-state index in [-0.39, 0.29) is 0 Å². The highest BCUT2D eigenvalue weighted by Gasteiger charge is 2.00. The lowest BCUT2D eigenvalue weighted by Crippen LogP contribution is -1.97. The fraction of sp³-hybridized carbons (Fsp3) is 0.250. The van der Waals surface area contributed by atoms with Crippen LogP contribution in [0.25, 0.3) is 0 Å². The lowest BCUT2D eigenvalue weighted by Gasteiger charge is -2.01. The second-order valence-electron chi connectivity index (χ2n) is 2.32. The molecule has 0 radical (unpaired) electrons. The van der Waals surface area contributed by atoms with E-state index in [0.29, 0.717) is 5.95 Å². The predicted octanol–water partition coefficient (Wildman–Crippen LogP) is 1.65. The minimum Gasteiger partial charge on any atom is -0.368 e. The van der Waals surface area contributed by atoms with E-state index in [2.05, 4.69) is 16.5 Å². The molecule has 0 saturated heterocycles. The molecule has 4 heteroatoms. The summed E-state index contributed by atoms with van der Waals surface area (Å²) in [4.78, 5) is 7.97. The number of hydrogen-bond acceptors (Lipinski definition) is 4. The van der Waals surface area contributed by atoms with Crippen LogP contribution in [0.1, 0.15) is 5.56 Å². The zero-order chi connectivity index (χ0) is 8.97. The van der Waals surface area contributed by atoms with Crippen LogP contribution >= 0.6 is 11.8 Å². The smallest absolute Gasteiger partial charge is 0.221 e. The maximum atomic E-state index is 5.44. The van der Waals surface area contributed by atoms with Crippen molar-refractivity contribution in [2.24, 2.45) is 0 Å². The first-order chi connectivity index (χ1) is 5.74. The zero-order valence-corrected chi connectivity index (χ0v) is 7.77. The molecule has 1 rings (SSSR count). The van der Waals surface area contributed by atoms with Crippen LogP contribution in [0.4, 0.5) is 5.95 Å². The number of thioether (sulfide) groups is 1. The molecule has 0 aliphatic heterocycles. The Hall–Kier alpha value is -1.03. The van der Waals surface area contributed by atoms with Gasteiger partial charge in [-0.25, -0.2) is 9.97 Å². The Morgan fingerprint density at radius 1 is 1.75 bits per heavy atom. The first kappa shape index (κ1) is 9.06. The number of hydrogen-bond donors (Lipinski definition) is 1. The van der Waals surface area contributed by atoms with Crippen molar-refractivity contribution in [2.75, 3.05) is 11.5 Å². The number of nitrogens with zero attached hydrogens (tertiary/aromatic N) is 2. The fourth-order valence-electron chi connectivity index (χ4n) is 0.723. The van der Waals surface area contributed by atoms with Gasteiger partial charge in [-0.2, -0.15) is 0 Å². The molecular weight excluding hydrogens is 170 g/mol. The van der Waals surface area contributed by atoms with Crippen molar-refractivity contribution < 1.29 is 0 Å². The van der Waals surface area contributed by atoms with E-state index < -0.39 is 0 Å². The molecule has 0 unspecified atom stereocenters. The lowest BCUT2D eigenvalue weighted by atomic mass is 10.4. The molecule has 0 aliphatic rings. The number of nitrogens with two attached hydrogens (primary N) is 1. The Labute approximate surface area is 76.1 Å². The summed E-state index contributed by atoms with van der Waals surface area (Å²) in [5.41, 5.74) is 6.49. The van der Waals surface area contributed by atoms with Crippen LogP contribution in [0.3, 0.4) is 0 Å². The first-order valence-corrected chi connectivity index (χ1v) is 4.55. The van der Waals surface area contributed by atoms with Gasteiger partial charge in [0.15, 0.2) is 0 Å². The van der Waals surface area contributed by atoms with E-state index in [9.17, 15) is 0 Å². The molecule has 0 atom stereocenters. The molecule has 2 N–H and O–H groups in total. The van der Waals surface area contributed by atoms with Crippen LogP contribution in [0.15, 0.2) is 23.9 Å². The third kappa shape index (κ3) is 2.23. The maximum absolute atomic E-state index is 5.44. The Balaban J connectivity index is 2.82. The summed E-state index contributed by atoms with van der Waals surface area (Å²) in [5, 5.41) is 0.933. The van der Waals surface area contributed by atoms with Gasteiger partial charge in [-0.15, -0.1) is 18.3 Å². The number of aromatic nitrogens is 2. The standard InChI is InChI=1S/C8H11N3S/c1-3-4-12-7-6(2)5-10-8(9)11-7/h3,5H,1,4H2,2H3,(H2,9,10,11). The predicted molar refractivity (Wildman–Crippen MR) is 52.1 cm³/mol. The van der Waals surface area contributed by atoms with Gasteiger partial charge in [-0.05, 0) is 12.5 Å². The first-order valence-electron chi connectivity index (χ1n) is 3.57. The molecule has 0 saturated carbocycles. The van der Waals surface area contributed by atoms with Crippen LogP contribution < -0.4 is 5.73 Å². The normalized spacial score (nSPS) is 9.75. The average molecular weight is 181 g/mol. The quantitative estimate of drug-likeness (QED) is 0.437. The largest absolute Gasteiger partial charge is 0.368 e. The van der Waals surface area contributed by atoms with E-state index in [1.807, 2.05) is 13.0 Å². The summed E-state index contributed by atoms with van der Waals surface area (Å²) >= 11 is 1.61. The SMILES string of the molecule is C=CCSc1nc(N)ncc1C. The molecule has 0 bridgehead atoms. The Kier molecular flexibility index (Phi) is 3.10. The van der Waals surface area contributed by atoms with Gasteiger partial charge in [0.05, 0.1) is 0 Å². The van der Waals surface area contributed by atoms with Gasteiger partial charge in [0, 0.05) is 11.9 Å². The van der Waals surface area contributed by atoms with E-state index in [0.717, 1.165) is 16.3 Å². The molecule has 12 heavy (non-hydrogen) atoms. The summed E-state index contributed by atoms with van der Waals surface area (Å²) in [6.07, 6.45) is 3.57. The molecule has 0 amide bonds. The van der Waals surface area contributed by atoms with Crippen LogP contribution in [-0.2, 0) is 0 Å². The second kappa shape index (κ2) is 4.11. The number of rotatable bonds is 3. The molecule has 0 aromatic carbocycles. The minimum atomic E-state index is 0.326. The highest BCUT2D eigenvalue weighted by Crippen LogP contribution is 2.19. The number of aryl methyl sites for hydroxylation is 1. The summed E-state index contributed by atoms with van der Waals surface area (Å²) in [6.45, 7) is 5.60. The molecule has 0 fully saturated rings. The van der Waals surface area contributed by atoms with Gasteiger partial charge in [0.25, 0.3) is 0 Å². The van der Waals surface area contributed by atoms with Gasteiger partial charge in [0.2, 0.25) is 5.95 Å². The summed E-state index contributed by atoms with van der Waals surface area (Å²) in [6, 6.07) is 0. The van der Waals surface area contributed by atoms with Crippen molar-refractivity contribution in [3.8, 4) is 0 Å². The molecule has 1 aromatic rings. The van der Waals surface area contributed by atoms with Gasteiger partial charge < -0.3 is 5.73 Å². The van der Waals surface area contributed by atoms with Gasteiger partial charge in [-0.1, -0.05) is 6.08 Å². The monoisotopic (exact) mass is 181 g/mol. The number of anilines is 1. The van der Waals surface area contributed by atoms with Crippen molar-refractivity contribution in [1.29, 1.82) is 0 Å². The fourth-order valence-corrected chi connectivity index (χ4v) is 1.44. The van der Waals surface area contributed by atoms with E-state index in [1.54, 1.807) is 18.0 Å². The molecular formula is C8H11N3S. The van der Waals surface area contributed by atoms with E-state index in [4.69, 9.17) is 5.73 Å². The summed E-state index contributed by atoms with van der Waals surface area (Å²) < 4.78 is 0. The Morgan fingerprint density at radius 2 is 2.50 bits per heavy atom. The number of nitrogen functional groups attached to an aromatic ring is 1. The van der Waals surface area contributed by atoms with Crippen molar-refractivity contribution in [3.05, 3.63) is 24.4 Å². The molecule has 1 aromatic heterocycles. The minimum absolute atomic E-state index is 0.326. The average Bonchev–Trinajstić information content (AvgIpc) is 2.07.